The second-order valence-electron chi connectivity index (χ2n) is 3.20. The Labute approximate surface area is 62.0 Å². The highest BCUT2D eigenvalue weighted by molar-refractivity contribution is 6.43. The summed E-state index contributed by atoms with van der Waals surface area (Å²) >= 11 is 0. The van der Waals surface area contributed by atoms with Crippen LogP contribution in [0.15, 0.2) is 0 Å². The van der Waals surface area contributed by atoms with Gasteiger partial charge < -0.3 is 9.31 Å². The summed E-state index contributed by atoms with van der Waals surface area (Å²) in [6, 6.07) is 0. The fourth-order valence-corrected chi connectivity index (χ4v) is 1.90. The lowest BCUT2D eigenvalue weighted by Crippen LogP contribution is -2.25. The Balaban J connectivity index is 1.97. The predicted octanol–water partition coefficient (Wildman–Crippen LogP) is 1.46. The Kier molecular flexibility index (Phi) is 1.70. The van der Waals surface area contributed by atoms with Crippen LogP contribution >= 0.6 is 0 Å². The maximum absolute atomic E-state index is 5.54. The standard InChI is InChI=1S/C7H13BO2/c1-8-9-6-4-2-3-5-7(6)10-8/h6-7H,2-5H2,1H3/t6-,7+. The Morgan fingerprint density at radius 3 is 2.10 bits per heavy atom. The first kappa shape index (κ1) is 6.68. The lowest BCUT2D eigenvalue weighted by molar-refractivity contribution is 0.110. The van der Waals surface area contributed by atoms with Gasteiger partial charge in [-0.3, -0.25) is 0 Å². The molecule has 0 amide bonds. The molecule has 2 fully saturated rings. The second-order valence-corrected chi connectivity index (χ2v) is 3.20. The van der Waals surface area contributed by atoms with Crippen LogP contribution in [0.25, 0.3) is 0 Å². The molecule has 0 N–H and O–H groups in total. The average molecular weight is 140 g/mol. The molecule has 0 aromatic rings. The van der Waals surface area contributed by atoms with Gasteiger partial charge in [0.25, 0.3) is 0 Å². The van der Waals surface area contributed by atoms with Crippen LogP contribution in [0, 0.1) is 0 Å². The molecule has 1 aliphatic carbocycles. The van der Waals surface area contributed by atoms with Crippen molar-refractivity contribution in [2.24, 2.45) is 0 Å². The predicted molar refractivity (Wildman–Crippen MR) is 39.8 cm³/mol. The molecule has 3 heteroatoms. The van der Waals surface area contributed by atoms with Crippen molar-refractivity contribution in [3.8, 4) is 0 Å². The number of fused-ring (bicyclic) bond motifs is 1. The average Bonchev–Trinajstić information content (AvgIpc) is 2.27. The monoisotopic (exact) mass is 140 g/mol. The third-order valence-electron chi connectivity index (χ3n) is 2.37. The Hall–Kier alpha value is -0.0151. The zero-order chi connectivity index (χ0) is 6.97. The largest absolute Gasteiger partial charge is 0.454 e. The van der Waals surface area contributed by atoms with E-state index in [1.165, 1.54) is 25.7 Å². The molecule has 10 heavy (non-hydrogen) atoms. The maximum Gasteiger partial charge on any atom is 0.454 e. The summed E-state index contributed by atoms with van der Waals surface area (Å²) in [5.74, 6) is 0. The topological polar surface area (TPSA) is 18.5 Å². The summed E-state index contributed by atoms with van der Waals surface area (Å²) in [6.07, 6.45) is 5.88. The van der Waals surface area contributed by atoms with Gasteiger partial charge in [0.2, 0.25) is 0 Å². The lowest BCUT2D eigenvalue weighted by atomic mass is 9.95. The van der Waals surface area contributed by atoms with Crippen LogP contribution in [0.1, 0.15) is 25.7 Å². The summed E-state index contributed by atoms with van der Waals surface area (Å²) in [4.78, 5) is 0. The third kappa shape index (κ3) is 1.08. The van der Waals surface area contributed by atoms with E-state index in [2.05, 4.69) is 0 Å². The van der Waals surface area contributed by atoms with Crippen molar-refractivity contribution >= 4 is 7.12 Å². The van der Waals surface area contributed by atoms with E-state index in [1.54, 1.807) is 0 Å². The first-order valence-corrected chi connectivity index (χ1v) is 4.17. The van der Waals surface area contributed by atoms with Crippen molar-refractivity contribution in [2.75, 3.05) is 0 Å². The smallest absolute Gasteiger partial charge is 0.406 e. The van der Waals surface area contributed by atoms with Gasteiger partial charge in [0.15, 0.2) is 0 Å². The molecule has 2 aliphatic rings. The Bertz CT molecular complexity index is 115. The molecule has 2 nitrogen and oxygen atoms in total. The molecule has 1 saturated carbocycles. The first-order valence-electron chi connectivity index (χ1n) is 4.17. The molecule has 0 radical (unpaired) electrons. The van der Waals surface area contributed by atoms with Crippen LogP contribution in [0.4, 0.5) is 0 Å². The third-order valence-corrected chi connectivity index (χ3v) is 2.37. The Morgan fingerprint density at radius 1 is 1.10 bits per heavy atom. The molecular formula is C7H13BO2. The van der Waals surface area contributed by atoms with Gasteiger partial charge in [-0.15, -0.1) is 0 Å². The lowest BCUT2D eigenvalue weighted by Gasteiger charge is -2.22. The number of hydrogen-bond acceptors (Lipinski definition) is 2. The van der Waals surface area contributed by atoms with E-state index in [4.69, 9.17) is 9.31 Å². The van der Waals surface area contributed by atoms with E-state index < -0.39 is 0 Å². The SMILES string of the molecule is CB1O[C@H]2CCCC[C@H]2O1. The molecule has 1 saturated heterocycles. The van der Waals surface area contributed by atoms with Crippen LogP contribution in [0.5, 0.6) is 0 Å². The fourth-order valence-electron chi connectivity index (χ4n) is 1.90. The van der Waals surface area contributed by atoms with Gasteiger partial charge in [-0.2, -0.15) is 0 Å². The first-order chi connectivity index (χ1) is 4.86. The molecule has 0 aromatic heterocycles. The number of rotatable bonds is 0. The van der Waals surface area contributed by atoms with Crippen LogP contribution in [0.3, 0.4) is 0 Å². The van der Waals surface area contributed by atoms with Crippen molar-refractivity contribution < 1.29 is 9.31 Å². The molecule has 1 heterocycles. The van der Waals surface area contributed by atoms with Crippen LogP contribution in [-0.2, 0) is 9.31 Å². The highest BCUT2D eigenvalue weighted by Gasteiger charge is 2.37. The van der Waals surface area contributed by atoms with E-state index in [0.717, 1.165) is 0 Å². The number of hydrogen-bond donors (Lipinski definition) is 0. The molecule has 0 unspecified atom stereocenters. The van der Waals surface area contributed by atoms with E-state index >= 15 is 0 Å². The van der Waals surface area contributed by atoms with Gasteiger partial charge >= 0.3 is 7.12 Å². The minimum atomic E-state index is 0.0492. The van der Waals surface area contributed by atoms with E-state index in [-0.39, 0.29) is 7.12 Å². The molecule has 1 aliphatic heterocycles. The molecule has 2 rings (SSSR count). The zero-order valence-electron chi connectivity index (χ0n) is 6.38. The molecule has 0 spiro atoms. The summed E-state index contributed by atoms with van der Waals surface area (Å²) in [7, 11) is 0.0492. The summed E-state index contributed by atoms with van der Waals surface area (Å²) in [5, 5.41) is 0. The van der Waals surface area contributed by atoms with Crippen molar-refractivity contribution in [1.82, 2.24) is 0 Å². The fraction of sp³-hybridized carbons (Fsp3) is 1.00. The highest BCUT2D eigenvalue weighted by atomic mass is 16.7. The van der Waals surface area contributed by atoms with E-state index in [1.807, 2.05) is 6.82 Å². The van der Waals surface area contributed by atoms with Gasteiger partial charge in [-0.25, -0.2) is 0 Å². The molecule has 0 bridgehead atoms. The van der Waals surface area contributed by atoms with Crippen molar-refractivity contribution in [2.45, 2.75) is 44.7 Å². The van der Waals surface area contributed by atoms with Crippen LogP contribution < -0.4 is 0 Å². The zero-order valence-corrected chi connectivity index (χ0v) is 6.38. The van der Waals surface area contributed by atoms with Crippen molar-refractivity contribution in [1.29, 1.82) is 0 Å². The summed E-state index contributed by atoms with van der Waals surface area (Å²) in [5.41, 5.74) is 0. The van der Waals surface area contributed by atoms with Crippen LogP contribution in [-0.4, -0.2) is 19.3 Å². The quantitative estimate of drug-likeness (QED) is 0.474. The summed E-state index contributed by atoms with van der Waals surface area (Å²) in [6.45, 7) is 1.98. The molecule has 0 aromatic carbocycles. The normalized spacial score (nSPS) is 39.9. The molecule has 56 valence electrons. The van der Waals surface area contributed by atoms with Gasteiger partial charge in [0.05, 0.1) is 12.2 Å². The second kappa shape index (κ2) is 2.55. The summed E-state index contributed by atoms with van der Waals surface area (Å²) < 4.78 is 11.1. The van der Waals surface area contributed by atoms with Crippen molar-refractivity contribution in [3.63, 3.8) is 0 Å². The molecular weight excluding hydrogens is 127 g/mol. The minimum absolute atomic E-state index is 0.0492. The van der Waals surface area contributed by atoms with Gasteiger partial charge in [-0.05, 0) is 19.7 Å². The van der Waals surface area contributed by atoms with Crippen molar-refractivity contribution in [3.05, 3.63) is 0 Å². The maximum atomic E-state index is 5.54. The Morgan fingerprint density at radius 2 is 1.60 bits per heavy atom. The van der Waals surface area contributed by atoms with Gasteiger partial charge in [0.1, 0.15) is 0 Å². The van der Waals surface area contributed by atoms with Crippen LogP contribution in [0.2, 0.25) is 6.82 Å². The minimum Gasteiger partial charge on any atom is -0.406 e. The van der Waals surface area contributed by atoms with Gasteiger partial charge in [-0.1, -0.05) is 12.8 Å². The van der Waals surface area contributed by atoms with E-state index in [9.17, 15) is 0 Å². The molecule has 2 atom stereocenters. The van der Waals surface area contributed by atoms with Gasteiger partial charge in [0, 0.05) is 0 Å². The highest BCUT2D eigenvalue weighted by Crippen LogP contribution is 2.29. The van der Waals surface area contributed by atoms with E-state index in [0.29, 0.717) is 12.2 Å².